The lowest BCUT2D eigenvalue weighted by atomic mass is 9.84. The van der Waals surface area contributed by atoms with Gasteiger partial charge in [0.05, 0.1) is 22.4 Å². The predicted molar refractivity (Wildman–Crippen MR) is 126 cm³/mol. The molecule has 1 heterocycles. The number of rotatable bonds is 6. The quantitative estimate of drug-likeness (QED) is 0.578. The van der Waals surface area contributed by atoms with Gasteiger partial charge in [-0.2, -0.15) is 13.2 Å². The van der Waals surface area contributed by atoms with E-state index in [2.05, 4.69) is 10.3 Å². The van der Waals surface area contributed by atoms with Gasteiger partial charge in [-0.25, -0.2) is 8.42 Å². The summed E-state index contributed by atoms with van der Waals surface area (Å²) in [5.74, 6) is -2.60. The summed E-state index contributed by atoms with van der Waals surface area (Å²) in [7, 11) is -3.39. The molecule has 6 nitrogen and oxygen atoms in total. The molecule has 0 saturated carbocycles. The monoisotopic (exact) mass is 506 g/mol. The van der Waals surface area contributed by atoms with Crippen molar-refractivity contribution in [3.8, 4) is 0 Å². The summed E-state index contributed by atoms with van der Waals surface area (Å²) < 4.78 is 63.0. The first-order valence-electron chi connectivity index (χ1n) is 10.8. The number of amides is 1. The van der Waals surface area contributed by atoms with Gasteiger partial charge in [-0.15, -0.1) is 0 Å². The fourth-order valence-corrected chi connectivity index (χ4v) is 4.51. The Bertz CT molecular complexity index is 1310. The maximum absolute atomic E-state index is 13.2. The van der Waals surface area contributed by atoms with E-state index in [-0.39, 0.29) is 27.7 Å². The zero-order chi connectivity index (χ0) is 26.1. The maximum atomic E-state index is 13.2. The minimum Gasteiger partial charge on any atom is -0.345 e. The number of halogens is 3. The summed E-state index contributed by atoms with van der Waals surface area (Å²) in [6.45, 7) is 5.22. The summed E-state index contributed by atoms with van der Waals surface area (Å²) in [5, 5.41) is 2.79. The number of alkyl halides is 3. The lowest BCUT2D eigenvalue weighted by molar-refractivity contribution is -0.137. The van der Waals surface area contributed by atoms with E-state index in [0.29, 0.717) is 5.56 Å². The van der Waals surface area contributed by atoms with Crippen molar-refractivity contribution in [1.29, 1.82) is 0 Å². The molecule has 186 valence electrons. The van der Waals surface area contributed by atoms with E-state index in [4.69, 9.17) is 0 Å². The Morgan fingerprint density at radius 2 is 1.71 bits per heavy atom. The molecule has 3 rings (SSSR count). The minimum atomic E-state index is -4.58. The fourth-order valence-electron chi connectivity index (χ4n) is 3.88. The fraction of sp³-hybridized carbons (Fsp3) is 0.320. The Hall–Kier alpha value is -3.27. The summed E-state index contributed by atoms with van der Waals surface area (Å²) in [5.41, 5.74) is -0.146. The van der Waals surface area contributed by atoms with E-state index in [9.17, 15) is 31.2 Å². The topological polar surface area (TPSA) is 92.7 Å². The standard InChI is InChI=1S/C25H25F3N2O4S/c1-14(2)22(16-8-10-19(11-9-16)35(4,33)34)30-24(32)20-13-29-15(3)21(23(20)31)17-6-5-7-18(12-17)25(26,27)28/h5-14,21-22H,1-4H3,(H,30,32). The zero-order valence-electron chi connectivity index (χ0n) is 19.6. The van der Waals surface area contributed by atoms with Gasteiger partial charge >= 0.3 is 6.18 Å². The second-order valence-electron chi connectivity index (χ2n) is 8.77. The number of hydrogen-bond donors (Lipinski definition) is 1. The van der Waals surface area contributed by atoms with Gasteiger partial charge in [0, 0.05) is 18.2 Å². The largest absolute Gasteiger partial charge is 0.416 e. The third-order valence-corrected chi connectivity index (χ3v) is 6.88. The smallest absolute Gasteiger partial charge is 0.345 e. The van der Waals surface area contributed by atoms with Crippen LogP contribution in [0.4, 0.5) is 13.2 Å². The third-order valence-electron chi connectivity index (χ3n) is 5.76. The molecule has 2 aromatic rings. The second kappa shape index (κ2) is 9.77. The molecule has 0 aromatic heterocycles. The van der Waals surface area contributed by atoms with Gasteiger partial charge in [0.25, 0.3) is 5.91 Å². The lowest BCUT2D eigenvalue weighted by Crippen LogP contribution is -2.37. The van der Waals surface area contributed by atoms with Crippen molar-refractivity contribution in [2.24, 2.45) is 10.9 Å². The molecule has 0 spiro atoms. The molecule has 0 saturated heterocycles. The van der Waals surface area contributed by atoms with Crippen LogP contribution >= 0.6 is 0 Å². The number of carbonyl (C=O) groups excluding carboxylic acids is 2. The molecule has 2 unspecified atom stereocenters. The van der Waals surface area contributed by atoms with Crippen LogP contribution in [0, 0.1) is 5.92 Å². The zero-order valence-corrected chi connectivity index (χ0v) is 20.4. The molecule has 2 aromatic carbocycles. The molecular formula is C25H25F3N2O4S. The van der Waals surface area contributed by atoms with Gasteiger partial charge in [-0.05, 0) is 42.2 Å². The summed E-state index contributed by atoms with van der Waals surface area (Å²) in [4.78, 5) is 30.6. The number of carbonyl (C=O) groups is 2. The molecule has 10 heteroatoms. The number of aliphatic imine (C=N–C) groups is 1. The first-order valence-corrected chi connectivity index (χ1v) is 12.7. The first-order chi connectivity index (χ1) is 16.2. The van der Waals surface area contributed by atoms with Crippen LogP contribution in [0.15, 0.2) is 70.2 Å². The Morgan fingerprint density at radius 3 is 2.26 bits per heavy atom. The van der Waals surface area contributed by atoms with Gasteiger partial charge in [0.2, 0.25) is 0 Å². The minimum absolute atomic E-state index is 0.0984. The predicted octanol–water partition coefficient (Wildman–Crippen LogP) is 4.63. The normalized spacial score (nSPS) is 17.6. The van der Waals surface area contributed by atoms with Crippen molar-refractivity contribution < 1.29 is 31.2 Å². The SMILES string of the molecule is CC1=NC=C(C(=O)NC(c2ccc(S(C)(=O)=O)cc2)C(C)C)C(=O)C1c1cccc(C(F)(F)F)c1. The van der Waals surface area contributed by atoms with Crippen LogP contribution < -0.4 is 5.32 Å². The summed E-state index contributed by atoms with van der Waals surface area (Å²) in [6, 6.07) is 9.92. The van der Waals surface area contributed by atoms with Crippen molar-refractivity contribution in [3.63, 3.8) is 0 Å². The summed E-state index contributed by atoms with van der Waals surface area (Å²) >= 11 is 0. The molecule has 1 amide bonds. The highest BCUT2D eigenvalue weighted by Crippen LogP contribution is 2.33. The lowest BCUT2D eigenvalue weighted by Gasteiger charge is -2.26. The highest BCUT2D eigenvalue weighted by Gasteiger charge is 2.36. The van der Waals surface area contributed by atoms with Crippen molar-refractivity contribution in [2.75, 3.05) is 6.26 Å². The Morgan fingerprint density at radius 1 is 1.09 bits per heavy atom. The van der Waals surface area contributed by atoms with Gasteiger partial charge in [-0.1, -0.05) is 44.2 Å². The summed E-state index contributed by atoms with van der Waals surface area (Å²) in [6.07, 6.45) is -2.36. The van der Waals surface area contributed by atoms with Crippen LogP contribution in [0.2, 0.25) is 0 Å². The van der Waals surface area contributed by atoms with E-state index < -0.39 is 45.2 Å². The van der Waals surface area contributed by atoms with Gasteiger partial charge in [0.1, 0.15) is 5.57 Å². The average molecular weight is 507 g/mol. The number of nitrogens with one attached hydrogen (secondary N) is 1. The van der Waals surface area contributed by atoms with Crippen LogP contribution in [0.5, 0.6) is 0 Å². The Balaban J connectivity index is 1.88. The average Bonchev–Trinajstić information content (AvgIpc) is 2.76. The number of nitrogens with zero attached hydrogens (tertiary/aromatic N) is 1. The van der Waals surface area contributed by atoms with Gasteiger partial charge < -0.3 is 5.32 Å². The first kappa shape index (κ1) is 26.3. The number of Topliss-reactive ketones (excluding diaryl/α,β-unsaturated/α-hetero) is 1. The molecule has 1 N–H and O–H groups in total. The third kappa shape index (κ3) is 5.87. The van der Waals surface area contributed by atoms with Crippen LogP contribution in [-0.4, -0.2) is 32.1 Å². The molecule has 2 atom stereocenters. The maximum Gasteiger partial charge on any atom is 0.416 e. The Kier molecular flexibility index (Phi) is 7.35. The van der Waals surface area contributed by atoms with Crippen LogP contribution in [-0.2, 0) is 25.6 Å². The van der Waals surface area contributed by atoms with Crippen molar-refractivity contribution in [1.82, 2.24) is 5.32 Å². The highest BCUT2D eigenvalue weighted by molar-refractivity contribution is 7.90. The van der Waals surface area contributed by atoms with E-state index in [1.807, 2.05) is 13.8 Å². The van der Waals surface area contributed by atoms with Crippen molar-refractivity contribution in [2.45, 2.75) is 43.8 Å². The van der Waals surface area contributed by atoms with Gasteiger partial charge in [0.15, 0.2) is 15.6 Å². The molecule has 0 aliphatic carbocycles. The molecule has 0 radical (unpaired) electrons. The number of benzene rings is 2. The van der Waals surface area contributed by atoms with Crippen molar-refractivity contribution >= 4 is 27.2 Å². The number of ketones is 1. The molecular weight excluding hydrogens is 481 g/mol. The molecule has 1 aliphatic heterocycles. The van der Waals surface area contributed by atoms with Crippen LogP contribution in [0.3, 0.4) is 0 Å². The van der Waals surface area contributed by atoms with Crippen LogP contribution in [0.25, 0.3) is 0 Å². The second-order valence-corrected chi connectivity index (χ2v) is 10.8. The number of hydrogen-bond acceptors (Lipinski definition) is 5. The van der Waals surface area contributed by atoms with Crippen LogP contribution in [0.1, 0.15) is 49.4 Å². The van der Waals surface area contributed by atoms with E-state index in [1.165, 1.54) is 31.2 Å². The number of sulfone groups is 1. The van der Waals surface area contributed by atoms with Gasteiger partial charge in [-0.3, -0.25) is 14.6 Å². The molecule has 0 bridgehead atoms. The van der Waals surface area contributed by atoms with E-state index in [0.717, 1.165) is 24.6 Å². The van der Waals surface area contributed by atoms with E-state index in [1.54, 1.807) is 12.1 Å². The molecule has 1 aliphatic rings. The molecule has 35 heavy (non-hydrogen) atoms. The van der Waals surface area contributed by atoms with E-state index >= 15 is 0 Å². The highest BCUT2D eigenvalue weighted by atomic mass is 32.2. The Labute approximate surface area is 201 Å². The molecule has 0 fully saturated rings. The van der Waals surface area contributed by atoms with Crippen molar-refractivity contribution in [3.05, 3.63) is 77.0 Å².